The maximum atomic E-state index is 12.2. The number of nitrogens with zero attached hydrogens (tertiary/aromatic N) is 2. The SMILES string of the molecule is CC(C)NC(=O)[C@H]1CC[C@@H](Nc2cc(NCC(C)(C)O)ncc2[N+](=O)[O-])CC1. The zero-order valence-corrected chi connectivity index (χ0v) is 17.0. The first-order chi connectivity index (χ1) is 13.0. The van der Waals surface area contributed by atoms with Crippen LogP contribution in [0.2, 0.25) is 0 Å². The predicted octanol–water partition coefficient (Wildman–Crippen LogP) is 2.67. The molecule has 1 aliphatic carbocycles. The number of hydrogen-bond donors (Lipinski definition) is 4. The Kier molecular flexibility index (Phi) is 7.17. The highest BCUT2D eigenvalue weighted by Gasteiger charge is 2.28. The van der Waals surface area contributed by atoms with E-state index < -0.39 is 10.5 Å². The Hall–Kier alpha value is -2.42. The van der Waals surface area contributed by atoms with E-state index in [0.717, 1.165) is 25.7 Å². The van der Waals surface area contributed by atoms with E-state index in [2.05, 4.69) is 20.9 Å². The first kappa shape index (κ1) is 21.9. The van der Waals surface area contributed by atoms with Crippen molar-refractivity contribution in [2.75, 3.05) is 17.2 Å². The second-order valence-corrected chi connectivity index (χ2v) is 8.37. The summed E-state index contributed by atoms with van der Waals surface area (Å²) in [5, 5.41) is 30.4. The van der Waals surface area contributed by atoms with Crippen molar-refractivity contribution in [2.24, 2.45) is 5.92 Å². The summed E-state index contributed by atoms with van der Waals surface area (Å²) in [4.78, 5) is 27.1. The summed E-state index contributed by atoms with van der Waals surface area (Å²) in [6.45, 7) is 7.48. The molecule has 1 aromatic heterocycles. The summed E-state index contributed by atoms with van der Waals surface area (Å²) in [6, 6.07) is 1.78. The number of aromatic nitrogens is 1. The Morgan fingerprint density at radius 2 is 2.00 bits per heavy atom. The Morgan fingerprint density at radius 1 is 1.36 bits per heavy atom. The highest BCUT2D eigenvalue weighted by molar-refractivity contribution is 5.79. The van der Waals surface area contributed by atoms with Crippen LogP contribution < -0.4 is 16.0 Å². The first-order valence-corrected chi connectivity index (χ1v) is 9.73. The van der Waals surface area contributed by atoms with Gasteiger partial charge in [0, 0.05) is 30.6 Å². The molecule has 0 aromatic carbocycles. The number of aliphatic hydroxyl groups is 1. The number of nitrogens with one attached hydrogen (secondary N) is 3. The molecule has 1 amide bonds. The third kappa shape index (κ3) is 6.63. The van der Waals surface area contributed by atoms with E-state index in [1.165, 1.54) is 6.20 Å². The average molecular weight is 393 g/mol. The lowest BCUT2D eigenvalue weighted by Crippen LogP contribution is -2.38. The summed E-state index contributed by atoms with van der Waals surface area (Å²) < 4.78 is 0. The minimum absolute atomic E-state index is 0.00288. The molecule has 0 aliphatic heterocycles. The summed E-state index contributed by atoms with van der Waals surface area (Å²) in [7, 11) is 0. The van der Waals surface area contributed by atoms with E-state index in [-0.39, 0.29) is 36.1 Å². The van der Waals surface area contributed by atoms with Gasteiger partial charge in [0.05, 0.1) is 10.5 Å². The molecule has 1 fully saturated rings. The van der Waals surface area contributed by atoms with Crippen LogP contribution in [0.5, 0.6) is 0 Å². The fraction of sp³-hybridized carbons (Fsp3) is 0.684. The lowest BCUT2D eigenvalue weighted by atomic mass is 9.85. The summed E-state index contributed by atoms with van der Waals surface area (Å²) in [5.41, 5.74) is -0.617. The number of pyridine rings is 1. The molecule has 156 valence electrons. The van der Waals surface area contributed by atoms with Crippen molar-refractivity contribution in [3.8, 4) is 0 Å². The number of carbonyl (C=O) groups is 1. The summed E-state index contributed by atoms with van der Waals surface area (Å²) in [6.07, 6.45) is 4.25. The number of hydrogen-bond acceptors (Lipinski definition) is 7. The van der Waals surface area contributed by atoms with Gasteiger partial charge in [0.25, 0.3) is 0 Å². The lowest BCUT2D eigenvalue weighted by Gasteiger charge is -2.29. The van der Waals surface area contributed by atoms with Gasteiger partial charge in [-0.25, -0.2) is 4.98 Å². The molecule has 2 rings (SSSR count). The minimum Gasteiger partial charge on any atom is -0.389 e. The van der Waals surface area contributed by atoms with Crippen molar-refractivity contribution in [3.05, 3.63) is 22.4 Å². The minimum atomic E-state index is -0.925. The van der Waals surface area contributed by atoms with E-state index in [0.29, 0.717) is 11.5 Å². The molecule has 0 spiro atoms. The van der Waals surface area contributed by atoms with Crippen LogP contribution in [0, 0.1) is 16.0 Å². The Bertz CT molecular complexity index is 694. The maximum Gasteiger partial charge on any atom is 0.310 e. The van der Waals surface area contributed by atoms with Gasteiger partial charge in [-0.15, -0.1) is 0 Å². The van der Waals surface area contributed by atoms with Crippen molar-refractivity contribution >= 4 is 23.1 Å². The van der Waals surface area contributed by atoms with Gasteiger partial charge in [0.1, 0.15) is 17.7 Å². The topological polar surface area (TPSA) is 129 Å². The van der Waals surface area contributed by atoms with E-state index in [1.807, 2.05) is 13.8 Å². The zero-order chi connectivity index (χ0) is 20.9. The number of anilines is 2. The molecule has 4 N–H and O–H groups in total. The van der Waals surface area contributed by atoms with Crippen LogP contribution in [-0.4, -0.2) is 45.2 Å². The van der Waals surface area contributed by atoms with Crippen LogP contribution in [0.4, 0.5) is 17.2 Å². The third-order valence-electron chi connectivity index (χ3n) is 4.67. The van der Waals surface area contributed by atoms with Crippen LogP contribution in [0.1, 0.15) is 53.4 Å². The third-order valence-corrected chi connectivity index (χ3v) is 4.67. The normalized spacial score (nSPS) is 19.9. The second kappa shape index (κ2) is 9.18. The largest absolute Gasteiger partial charge is 0.389 e. The molecule has 1 aromatic rings. The van der Waals surface area contributed by atoms with Gasteiger partial charge in [0.2, 0.25) is 5.91 Å². The van der Waals surface area contributed by atoms with Crippen molar-refractivity contribution in [1.29, 1.82) is 0 Å². The number of rotatable bonds is 8. The van der Waals surface area contributed by atoms with Crippen LogP contribution in [0.25, 0.3) is 0 Å². The summed E-state index contributed by atoms with van der Waals surface area (Å²) in [5.74, 6) is 0.540. The molecule has 1 heterocycles. The molecule has 1 saturated carbocycles. The van der Waals surface area contributed by atoms with Crippen molar-refractivity contribution in [1.82, 2.24) is 10.3 Å². The van der Waals surface area contributed by atoms with E-state index in [4.69, 9.17) is 0 Å². The number of amides is 1. The molecular weight excluding hydrogens is 362 g/mol. The van der Waals surface area contributed by atoms with E-state index in [1.54, 1.807) is 19.9 Å². The van der Waals surface area contributed by atoms with Crippen LogP contribution in [0.15, 0.2) is 12.3 Å². The molecule has 9 heteroatoms. The van der Waals surface area contributed by atoms with Gasteiger partial charge >= 0.3 is 5.69 Å². The van der Waals surface area contributed by atoms with Gasteiger partial charge < -0.3 is 21.1 Å². The van der Waals surface area contributed by atoms with E-state index >= 15 is 0 Å². The Labute approximate surface area is 165 Å². The van der Waals surface area contributed by atoms with Crippen LogP contribution in [-0.2, 0) is 4.79 Å². The smallest absolute Gasteiger partial charge is 0.310 e. The van der Waals surface area contributed by atoms with Gasteiger partial charge in [-0.3, -0.25) is 14.9 Å². The average Bonchev–Trinajstić information content (AvgIpc) is 2.59. The summed E-state index contributed by atoms with van der Waals surface area (Å²) >= 11 is 0. The number of nitro groups is 1. The van der Waals surface area contributed by atoms with Gasteiger partial charge in [-0.1, -0.05) is 0 Å². The Balaban J connectivity index is 2.02. The molecule has 0 atom stereocenters. The second-order valence-electron chi connectivity index (χ2n) is 8.37. The highest BCUT2D eigenvalue weighted by Crippen LogP contribution is 2.31. The quantitative estimate of drug-likeness (QED) is 0.395. The fourth-order valence-corrected chi connectivity index (χ4v) is 3.24. The predicted molar refractivity (Wildman–Crippen MR) is 108 cm³/mol. The molecule has 0 bridgehead atoms. The monoisotopic (exact) mass is 393 g/mol. The van der Waals surface area contributed by atoms with Crippen molar-refractivity contribution < 1.29 is 14.8 Å². The highest BCUT2D eigenvalue weighted by atomic mass is 16.6. The van der Waals surface area contributed by atoms with Gasteiger partial charge in [-0.2, -0.15) is 0 Å². The molecule has 0 saturated heterocycles. The van der Waals surface area contributed by atoms with Crippen molar-refractivity contribution in [3.63, 3.8) is 0 Å². The molecule has 0 radical (unpaired) electrons. The molecule has 9 nitrogen and oxygen atoms in total. The molecule has 1 aliphatic rings. The van der Waals surface area contributed by atoms with E-state index in [9.17, 15) is 20.0 Å². The Morgan fingerprint density at radius 3 is 2.54 bits per heavy atom. The molecule has 0 unspecified atom stereocenters. The van der Waals surface area contributed by atoms with Crippen molar-refractivity contribution in [2.45, 2.75) is 71.1 Å². The standard InChI is InChI=1S/C19H31N5O4/c1-12(2)22-18(25)13-5-7-14(8-6-13)23-15-9-17(21-11-19(3,4)26)20-10-16(15)24(27)28/h9-10,12-14,26H,5-8,11H2,1-4H3,(H,22,25)(H2,20,21,23)/t13-,14+. The first-order valence-electron chi connectivity index (χ1n) is 9.73. The fourth-order valence-electron chi connectivity index (χ4n) is 3.24. The van der Waals surface area contributed by atoms with Crippen LogP contribution in [0.3, 0.4) is 0 Å². The lowest BCUT2D eigenvalue weighted by molar-refractivity contribution is -0.384. The zero-order valence-electron chi connectivity index (χ0n) is 17.0. The van der Waals surface area contributed by atoms with Gasteiger partial charge in [0.15, 0.2) is 0 Å². The number of carbonyl (C=O) groups excluding carboxylic acids is 1. The van der Waals surface area contributed by atoms with Gasteiger partial charge in [-0.05, 0) is 53.4 Å². The van der Waals surface area contributed by atoms with Crippen LogP contribution >= 0.6 is 0 Å². The molecular formula is C19H31N5O4. The molecule has 28 heavy (non-hydrogen) atoms. The maximum absolute atomic E-state index is 12.2.